The van der Waals surface area contributed by atoms with Gasteiger partial charge in [-0.05, 0) is 12.1 Å². The van der Waals surface area contributed by atoms with E-state index in [0.717, 1.165) is 0 Å². The van der Waals surface area contributed by atoms with Gasteiger partial charge in [-0.15, -0.1) is 0 Å². The van der Waals surface area contributed by atoms with E-state index in [1.165, 1.54) is 18.2 Å². The first kappa shape index (κ1) is 10.7. The van der Waals surface area contributed by atoms with E-state index in [4.69, 9.17) is 4.42 Å². The molecule has 2 rings (SSSR count). The molecule has 0 radical (unpaired) electrons. The summed E-state index contributed by atoms with van der Waals surface area (Å²) in [7, 11) is -0.964. The van der Waals surface area contributed by atoms with Crippen molar-refractivity contribution in [3.8, 4) is 11.5 Å². The van der Waals surface area contributed by atoms with Crippen molar-refractivity contribution < 1.29 is 14.6 Å². The lowest BCUT2D eigenvalue weighted by Gasteiger charge is -1.99. The van der Waals surface area contributed by atoms with E-state index in [-0.39, 0.29) is 28.0 Å². The van der Waals surface area contributed by atoms with Crippen LogP contribution in [0.3, 0.4) is 0 Å². The van der Waals surface area contributed by atoms with E-state index < -0.39 is 13.0 Å². The highest BCUT2D eigenvalue weighted by Crippen LogP contribution is 2.24. The van der Waals surface area contributed by atoms with Gasteiger partial charge in [0.05, 0.1) is 11.7 Å². The Bertz CT molecular complexity index is 642. The molecule has 1 heterocycles. The summed E-state index contributed by atoms with van der Waals surface area (Å²) in [6, 6.07) is 4.14. The van der Waals surface area contributed by atoms with Crippen molar-refractivity contribution >= 4 is 30.3 Å². The van der Waals surface area contributed by atoms with Crippen LogP contribution >= 0.6 is 7.55 Å². The van der Waals surface area contributed by atoms with Crippen LogP contribution in [0.2, 0.25) is 0 Å². The minimum atomic E-state index is -0.964. The van der Waals surface area contributed by atoms with Crippen LogP contribution in [0.5, 0.6) is 11.5 Å². The van der Waals surface area contributed by atoms with Gasteiger partial charge >= 0.3 is 5.50 Å². The maximum absolute atomic E-state index is 11.8. The summed E-state index contributed by atoms with van der Waals surface area (Å²) in [5.41, 5.74) is -0.0387. The molecule has 0 saturated carbocycles. The molecule has 1 atom stereocenters. The molecule has 2 aromatic rings. The van der Waals surface area contributed by atoms with Crippen LogP contribution < -0.4 is 10.9 Å². The summed E-state index contributed by atoms with van der Waals surface area (Å²) in [5.74, 6) is -0.376. The molecule has 1 aromatic carbocycles. The highest BCUT2D eigenvalue weighted by molar-refractivity contribution is 7.62. The SMILES string of the molecule is C=[P+](C)c1oc2cc(O)ccc2c(=O)c1O. The summed E-state index contributed by atoms with van der Waals surface area (Å²) in [6.07, 6.45) is 3.75. The monoisotopic (exact) mass is 237 g/mol. The molecular formula is C11H10O4P+. The van der Waals surface area contributed by atoms with E-state index in [2.05, 4.69) is 6.30 Å². The molecule has 0 fully saturated rings. The number of aromatic hydroxyl groups is 2. The Kier molecular flexibility index (Phi) is 2.44. The van der Waals surface area contributed by atoms with Gasteiger partial charge < -0.3 is 14.6 Å². The molecule has 0 bridgehead atoms. The summed E-state index contributed by atoms with van der Waals surface area (Å²) >= 11 is 0. The lowest BCUT2D eigenvalue weighted by Crippen LogP contribution is -2.11. The first-order valence-electron chi connectivity index (χ1n) is 4.53. The molecule has 0 spiro atoms. The second-order valence-electron chi connectivity index (χ2n) is 3.46. The normalized spacial score (nSPS) is 11.7. The Morgan fingerprint density at radius 3 is 2.69 bits per heavy atom. The van der Waals surface area contributed by atoms with Gasteiger partial charge in [-0.3, -0.25) is 4.79 Å². The second kappa shape index (κ2) is 3.65. The predicted molar refractivity (Wildman–Crippen MR) is 65.4 cm³/mol. The lowest BCUT2D eigenvalue weighted by molar-refractivity contribution is 0.454. The third kappa shape index (κ3) is 1.57. The third-order valence-electron chi connectivity index (χ3n) is 2.18. The maximum atomic E-state index is 11.8. The van der Waals surface area contributed by atoms with Crippen LogP contribution in [0, 0.1) is 0 Å². The van der Waals surface area contributed by atoms with Crippen molar-refractivity contribution in [2.45, 2.75) is 0 Å². The fourth-order valence-electron chi connectivity index (χ4n) is 1.42. The van der Waals surface area contributed by atoms with Crippen LogP contribution in [0.4, 0.5) is 0 Å². The average Bonchev–Trinajstić information content (AvgIpc) is 2.22. The molecule has 4 nitrogen and oxygen atoms in total. The van der Waals surface area contributed by atoms with E-state index in [1.54, 1.807) is 6.66 Å². The van der Waals surface area contributed by atoms with Crippen molar-refractivity contribution in [2.75, 3.05) is 6.66 Å². The van der Waals surface area contributed by atoms with E-state index >= 15 is 0 Å². The fraction of sp³-hybridized carbons (Fsp3) is 0.0909. The van der Waals surface area contributed by atoms with Crippen LogP contribution in [-0.2, 0) is 0 Å². The van der Waals surface area contributed by atoms with Crippen molar-refractivity contribution in [3.63, 3.8) is 0 Å². The van der Waals surface area contributed by atoms with Gasteiger partial charge in [0.25, 0.3) is 5.75 Å². The number of phenolic OH excluding ortho intramolecular Hbond substituents is 1. The van der Waals surface area contributed by atoms with Crippen molar-refractivity contribution in [2.24, 2.45) is 0 Å². The number of benzene rings is 1. The highest BCUT2D eigenvalue weighted by Gasteiger charge is 2.21. The van der Waals surface area contributed by atoms with Crippen LogP contribution in [0.15, 0.2) is 27.4 Å². The van der Waals surface area contributed by atoms with Gasteiger partial charge in [0.1, 0.15) is 18.0 Å². The zero-order chi connectivity index (χ0) is 11.9. The molecule has 1 unspecified atom stereocenters. The van der Waals surface area contributed by atoms with Gasteiger partial charge in [0.15, 0.2) is 7.55 Å². The molecule has 0 aliphatic heterocycles. The minimum Gasteiger partial charge on any atom is -0.508 e. The van der Waals surface area contributed by atoms with E-state index in [0.29, 0.717) is 0 Å². The summed E-state index contributed by atoms with van der Waals surface area (Å²) in [4.78, 5) is 11.8. The molecule has 2 N–H and O–H groups in total. The van der Waals surface area contributed by atoms with Crippen molar-refractivity contribution in [1.29, 1.82) is 0 Å². The molecule has 16 heavy (non-hydrogen) atoms. The summed E-state index contributed by atoms with van der Waals surface area (Å²) in [6.45, 7) is 1.77. The van der Waals surface area contributed by atoms with Crippen LogP contribution in [-0.4, -0.2) is 23.2 Å². The standard InChI is InChI=1S/C11H9O4P/c1-16(2)11-10(14)9(13)7-4-3-6(12)5-8(7)15-11/h3-5H,1H2,2H3,(H-,12,13,14)/p+1. The fourth-order valence-corrected chi connectivity index (χ4v) is 2.14. The number of fused-ring (bicyclic) bond motifs is 1. The maximum Gasteiger partial charge on any atom is 0.349 e. The molecule has 0 aliphatic carbocycles. The van der Waals surface area contributed by atoms with E-state index in [1.807, 2.05) is 0 Å². The Labute approximate surface area is 92.2 Å². The summed E-state index contributed by atoms with van der Waals surface area (Å²) in [5, 5.41) is 19.2. The Morgan fingerprint density at radius 2 is 2.06 bits per heavy atom. The van der Waals surface area contributed by atoms with Crippen LogP contribution in [0.25, 0.3) is 11.0 Å². The van der Waals surface area contributed by atoms with Crippen LogP contribution in [0.1, 0.15) is 0 Å². The number of hydrogen-bond donors (Lipinski definition) is 2. The largest absolute Gasteiger partial charge is 0.508 e. The zero-order valence-electron chi connectivity index (χ0n) is 8.60. The van der Waals surface area contributed by atoms with Gasteiger partial charge in [-0.1, -0.05) is 0 Å². The molecule has 0 amide bonds. The van der Waals surface area contributed by atoms with Crippen molar-refractivity contribution in [3.05, 3.63) is 28.4 Å². The molecular weight excluding hydrogens is 227 g/mol. The van der Waals surface area contributed by atoms with Gasteiger partial charge in [0, 0.05) is 6.07 Å². The van der Waals surface area contributed by atoms with Gasteiger partial charge in [-0.25, -0.2) is 0 Å². The smallest absolute Gasteiger partial charge is 0.349 e. The Morgan fingerprint density at radius 1 is 1.38 bits per heavy atom. The predicted octanol–water partition coefficient (Wildman–Crippen LogP) is 1.37. The second-order valence-corrected chi connectivity index (χ2v) is 5.27. The van der Waals surface area contributed by atoms with E-state index in [9.17, 15) is 15.0 Å². The molecule has 82 valence electrons. The highest BCUT2D eigenvalue weighted by atomic mass is 31.1. The van der Waals surface area contributed by atoms with Gasteiger partial charge in [0.2, 0.25) is 5.43 Å². The zero-order valence-corrected chi connectivity index (χ0v) is 9.49. The molecule has 5 heteroatoms. The summed E-state index contributed by atoms with van der Waals surface area (Å²) < 4.78 is 5.37. The number of hydrogen-bond acceptors (Lipinski definition) is 4. The molecule has 1 aromatic heterocycles. The minimum absolute atomic E-state index is 0.0109. The van der Waals surface area contributed by atoms with Crippen molar-refractivity contribution in [1.82, 2.24) is 0 Å². The average molecular weight is 237 g/mol. The lowest BCUT2D eigenvalue weighted by atomic mass is 10.2. The Balaban J connectivity index is 2.94. The molecule has 0 aliphatic rings. The first-order valence-corrected chi connectivity index (χ1v) is 6.51. The quantitative estimate of drug-likeness (QED) is 0.735. The Hall–Kier alpha value is -1.80. The first-order chi connectivity index (χ1) is 7.50. The third-order valence-corrected chi connectivity index (χ3v) is 3.18. The van der Waals surface area contributed by atoms with Gasteiger partial charge in [-0.2, -0.15) is 0 Å². The topological polar surface area (TPSA) is 70.7 Å². The molecule has 0 saturated heterocycles. The number of rotatable bonds is 1. The number of phenols is 1.